The van der Waals surface area contributed by atoms with Crippen molar-refractivity contribution in [1.82, 2.24) is 4.98 Å². The second-order valence-electron chi connectivity index (χ2n) is 5.92. The van der Waals surface area contributed by atoms with E-state index >= 15 is 0 Å². The first-order valence-corrected chi connectivity index (χ1v) is 6.51. The van der Waals surface area contributed by atoms with E-state index < -0.39 is 5.97 Å². The van der Waals surface area contributed by atoms with Crippen LogP contribution in [0.1, 0.15) is 37.2 Å². The lowest BCUT2D eigenvalue weighted by atomic mass is 9.87. The fraction of sp³-hybridized carbons (Fsp3) is 0.571. The molecule has 1 unspecified atom stereocenters. The Labute approximate surface area is 112 Å². The average molecular weight is 264 g/mol. The Morgan fingerprint density at radius 1 is 1.47 bits per heavy atom. The van der Waals surface area contributed by atoms with Gasteiger partial charge in [-0.1, -0.05) is 19.9 Å². The van der Waals surface area contributed by atoms with Crippen LogP contribution in [0.3, 0.4) is 0 Å². The molecular weight excluding hydrogens is 244 g/mol. The van der Waals surface area contributed by atoms with Crippen molar-refractivity contribution in [2.45, 2.75) is 32.8 Å². The molecule has 0 saturated carbocycles. The highest BCUT2D eigenvalue weighted by Crippen LogP contribution is 2.30. The normalized spacial score (nSPS) is 22.9. The standard InChI is InChI=1S/C14H20N2O3/c1-14(2)8-10(17)6-7-16(9-14)12-5-3-4-11(15-12)13(18)19/h3-5,10,17H,6-9H2,1-2H3,(H,18,19). The molecule has 1 aliphatic heterocycles. The van der Waals surface area contributed by atoms with Gasteiger partial charge in [0.05, 0.1) is 6.10 Å². The lowest BCUT2D eigenvalue weighted by molar-refractivity contribution is 0.0690. The first kappa shape index (κ1) is 13.8. The van der Waals surface area contributed by atoms with Gasteiger partial charge in [0.1, 0.15) is 5.82 Å². The summed E-state index contributed by atoms with van der Waals surface area (Å²) in [5, 5.41) is 18.9. The van der Waals surface area contributed by atoms with E-state index in [0.717, 1.165) is 13.0 Å². The van der Waals surface area contributed by atoms with Gasteiger partial charge in [-0.25, -0.2) is 9.78 Å². The fourth-order valence-electron chi connectivity index (χ4n) is 2.62. The van der Waals surface area contributed by atoms with Gasteiger partial charge in [-0.3, -0.25) is 0 Å². The lowest BCUT2D eigenvalue weighted by Crippen LogP contribution is -2.33. The molecule has 0 spiro atoms. The SMILES string of the molecule is CC1(C)CC(O)CCN(c2cccc(C(=O)O)n2)C1. The number of carbonyl (C=O) groups is 1. The van der Waals surface area contributed by atoms with Gasteiger partial charge in [0.2, 0.25) is 0 Å². The fourth-order valence-corrected chi connectivity index (χ4v) is 2.62. The van der Waals surface area contributed by atoms with Crippen molar-refractivity contribution in [2.75, 3.05) is 18.0 Å². The van der Waals surface area contributed by atoms with Crippen LogP contribution in [0, 0.1) is 5.41 Å². The van der Waals surface area contributed by atoms with Gasteiger partial charge in [0, 0.05) is 13.1 Å². The van der Waals surface area contributed by atoms with Gasteiger partial charge < -0.3 is 15.1 Å². The van der Waals surface area contributed by atoms with E-state index in [2.05, 4.69) is 23.7 Å². The molecule has 0 amide bonds. The number of aromatic nitrogens is 1. The maximum atomic E-state index is 11.0. The monoisotopic (exact) mass is 264 g/mol. The number of aliphatic hydroxyl groups excluding tert-OH is 1. The molecule has 0 aliphatic carbocycles. The highest BCUT2D eigenvalue weighted by molar-refractivity contribution is 5.85. The zero-order valence-corrected chi connectivity index (χ0v) is 11.3. The topological polar surface area (TPSA) is 73.7 Å². The van der Waals surface area contributed by atoms with Gasteiger partial charge in [-0.05, 0) is 30.4 Å². The summed E-state index contributed by atoms with van der Waals surface area (Å²) in [5.74, 6) is -0.349. The number of carboxylic acid groups (broad SMARTS) is 1. The molecule has 1 saturated heterocycles. The van der Waals surface area contributed by atoms with Crippen molar-refractivity contribution in [2.24, 2.45) is 5.41 Å². The van der Waals surface area contributed by atoms with Crippen molar-refractivity contribution < 1.29 is 15.0 Å². The van der Waals surface area contributed by atoms with E-state index in [9.17, 15) is 9.90 Å². The minimum absolute atomic E-state index is 0.0170. The molecule has 5 heteroatoms. The zero-order valence-electron chi connectivity index (χ0n) is 11.3. The highest BCUT2D eigenvalue weighted by atomic mass is 16.4. The smallest absolute Gasteiger partial charge is 0.354 e. The number of anilines is 1. The number of hydrogen-bond acceptors (Lipinski definition) is 4. The molecule has 2 rings (SSSR count). The summed E-state index contributed by atoms with van der Waals surface area (Å²) in [7, 11) is 0. The summed E-state index contributed by atoms with van der Waals surface area (Å²) in [5.41, 5.74) is 0.0386. The van der Waals surface area contributed by atoms with Gasteiger partial charge in [-0.15, -0.1) is 0 Å². The van der Waals surface area contributed by atoms with E-state index in [4.69, 9.17) is 5.11 Å². The van der Waals surface area contributed by atoms with Gasteiger partial charge in [-0.2, -0.15) is 0 Å². The third-order valence-electron chi connectivity index (χ3n) is 3.42. The highest BCUT2D eigenvalue weighted by Gasteiger charge is 2.29. The molecular formula is C14H20N2O3. The Morgan fingerprint density at radius 2 is 2.21 bits per heavy atom. The van der Waals surface area contributed by atoms with Crippen molar-refractivity contribution in [3.63, 3.8) is 0 Å². The number of hydrogen-bond donors (Lipinski definition) is 2. The second kappa shape index (κ2) is 5.17. The predicted molar refractivity (Wildman–Crippen MR) is 72.4 cm³/mol. The van der Waals surface area contributed by atoms with Crippen molar-refractivity contribution >= 4 is 11.8 Å². The second-order valence-corrected chi connectivity index (χ2v) is 5.92. The first-order valence-electron chi connectivity index (χ1n) is 6.51. The lowest BCUT2D eigenvalue weighted by Gasteiger charge is -2.30. The van der Waals surface area contributed by atoms with Crippen LogP contribution in [0.25, 0.3) is 0 Å². The maximum absolute atomic E-state index is 11.0. The minimum Gasteiger partial charge on any atom is -0.477 e. The molecule has 2 N–H and O–H groups in total. The summed E-state index contributed by atoms with van der Waals surface area (Å²) in [4.78, 5) is 17.2. The summed E-state index contributed by atoms with van der Waals surface area (Å²) in [6.45, 7) is 5.67. The third kappa shape index (κ3) is 3.44. The molecule has 5 nitrogen and oxygen atoms in total. The zero-order chi connectivity index (χ0) is 14.0. The number of carboxylic acids is 1. The molecule has 1 aromatic rings. The molecule has 2 heterocycles. The van der Waals surface area contributed by atoms with Crippen LogP contribution in [0.15, 0.2) is 18.2 Å². The van der Waals surface area contributed by atoms with E-state index in [0.29, 0.717) is 18.8 Å². The Kier molecular flexibility index (Phi) is 3.75. The third-order valence-corrected chi connectivity index (χ3v) is 3.42. The Morgan fingerprint density at radius 3 is 2.89 bits per heavy atom. The maximum Gasteiger partial charge on any atom is 0.354 e. The molecule has 1 atom stereocenters. The quantitative estimate of drug-likeness (QED) is 0.851. The van der Waals surface area contributed by atoms with E-state index in [1.54, 1.807) is 6.07 Å². The van der Waals surface area contributed by atoms with Crippen molar-refractivity contribution in [3.8, 4) is 0 Å². The van der Waals surface area contributed by atoms with Crippen LogP contribution in [-0.4, -0.2) is 40.4 Å². The molecule has 19 heavy (non-hydrogen) atoms. The van der Waals surface area contributed by atoms with Crippen molar-refractivity contribution in [1.29, 1.82) is 0 Å². The number of aromatic carboxylic acids is 1. The minimum atomic E-state index is -1.02. The predicted octanol–water partition coefficient (Wildman–Crippen LogP) is 1.77. The van der Waals surface area contributed by atoms with E-state index in [1.807, 2.05) is 6.07 Å². The Bertz CT molecular complexity index is 474. The summed E-state index contributed by atoms with van der Waals surface area (Å²) < 4.78 is 0. The number of pyridine rings is 1. The molecule has 1 fully saturated rings. The van der Waals surface area contributed by atoms with E-state index in [1.165, 1.54) is 6.07 Å². The summed E-state index contributed by atoms with van der Waals surface area (Å²) >= 11 is 0. The van der Waals surface area contributed by atoms with Crippen LogP contribution in [0.5, 0.6) is 0 Å². The van der Waals surface area contributed by atoms with Crippen LogP contribution < -0.4 is 4.90 Å². The molecule has 1 aromatic heterocycles. The van der Waals surface area contributed by atoms with Gasteiger partial charge >= 0.3 is 5.97 Å². The summed E-state index contributed by atoms with van der Waals surface area (Å²) in [6.07, 6.45) is 1.13. The molecule has 1 aliphatic rings. The first-order chi connectivity index (χ1) is 8.87. The summed E-state index contributed by atoms with van der Waals surface area (Å²) in [6, 6.07) is 5.02. The van der Waals surface area contributed by atoms with Crippen LogP contribution in [0.2, 0.25) is 0 Å². The van der Waals surface area contributed by atoms with Crippen LogP contribution >= 0.6 is 0 Å². The number of nitrogens with zero attached hydrogens (tertiary/aromatic N) is 2. The van der Waals surface area contributed by atoms with Crippen molar-refractivity contribution in [3.05, 3.63) is 23.9 Å². The van der Waals surface area contributed by atoms with Gasteiger partial charge in [0.25, 0.3) is 0 Å². The number of rotatable bonds is 2. The average Bonchev–Trinajstić information content (AvgIpc) is 2.47. The molecule has 0 bridgehead atoms. The number of aliphatic hydroxyl groups is 1. The Balaban J connectivity index is 2.25. The van der Waals surface area contributed by atoms with E-state index in [-0.39, 0.29) is 17.2 Å². The molecule has 0 aromatic carbocycles. The molecule has 0 radical (unpaired) electrons. The Hall–Kier alpha value is -1.62. The van der Waals surface area contributed by atoms with Crippen LogP contribution in [-0.2, 0) is 0 Å². The van der Waals surface area contributed by atoms with Gasteiger partial charge in [0.15, 0.2) is 5.69 Å². The van der Waals surface area contributed by atoms with Crippen LogP contribution in [0.4, 0.5) is 5.82 Å². The largest absolute Gasteiger partial charge is 0.477 e. The molecule has 104 valence electrons.